The minimum absolute atomic E-state index is 0.0798. The van der Waals surface area contributed by atoms with Gasteiger partial charge in [0.05, 0.1) is 6.26 Å². The summed E-state index contributed by atoms with van der Waals surface area (Å²) in [5, 5.41) is 6.43. The van der Waals surface area contributed by atoms with E-state index in [-0.39, 0.29) is 11.8 Å². The van der Waals surface area contributed by atoms with Gasteiger partial charge in [-0.25, -0.2) is 4.98 Å². The van der Waals surface area contributed by atoms with E-state index < -0.39 is 0 Å². The molecule has 1 aliphatic carbocycles. The summed E-state index contributed by atoms with van der Waals surface area (Å²) in [5.74, 6) is 0.277. The van der Waals surface area contributed by atoms with Gasteiger partial charge in [-0.15, -0.1) is 11.3 Å². The summed E-state index contributed by atoms with van der Waals surface area (Å²) in [6, 6.07) is 10.8. The largest absolute Gasteiger partial charge is 0.462 e. The summed E-state index contributed by atoms with van der Waals surface area (Å²) in [6.45, 7) is 1.85. The number of aryl methyl sites for hydroxylation is 1. The Labute approximate surface area is 154 Å². The number of benzene rings is 1. The van der Waals surface area contributed by atoms with Crippen LogP contribution < -0.4 is 10.6 Å². The topological polar surface area (TPSA) is 84.2 Å². The standard InChI is InChI=1S/C19H17N3O3S/c1-11-16(22-19(26-11)15-3-2-10-25-15)18(24)21-13-6-4-12(5-7-13)17(23)20-14-8-9-14/h2-7,10,14H,8-9H2,1H3,(H,20,23)(H,21,24). The van der Waals surface area contributed by atoms with Crippen molar-refractivity contribution in [3.05, 3.63) is 58.8 Å². The molecule has 0 radical (unpaired) electrons. The first kappa shape index (κ1) is 16.5. The molecule has 0 saturated heterocycles. The summed E-state index contributed by atoms with van der Waals surface area (Å²) in [5.41, 5.74) is 1.57. The Kier molecular flexibility index (Phi) is 4.30. The van der Waals surface area contributed by atoms with Gasteiger partial charge in [0.2, 0.25) is 0 Å². The van der Waals surface area contributed by atoms with Gasteiger partial charge in [-0.05, 0) is 56.2 Å². The van der Waals surface area contributed by atoms with Gasteiger partial charge in [-0.1, -0.05) is 0 Å². The van der Waals surface area contributed by atoms with Crippen LogP contribution in [0.5, 0.6) is 0 Å². The van der Waals surface area contributed by atoms with Crippen molar-refractivity contribution in [2.24, 2.45) is 0 Å². The van der Waals surface area contributed by atoms with E-state index in [4.69, 9.17) is 4.42 Å². The highest BCUT2D eigenvalue weighted by Gasteiger charge is 2.23. The molecule has 1 saturated carbocycles. The van der Waals surface area contributed by atoms with Crippen LogP contribution in [-0.4, -0.2) is 22.8 Å². The molecule has 4 rings (SSSR count). The molecule has 6 nitrogen and oxygen atoms in total. The monoisotopic (exact) mass is 367 g/mol. The van der Waals surface area contributed by atoms with E-state index >= 15 is 0 Å². The van der Waals surface area contributed by atoms with Crippen LogP contribution in [0.15, 0.2) is 47.1 Å². The van der Waals surface area contributed by atoms with E-state index in [0.29, 0.717) is 33.8 Å². The Hall–Kier alpha value is -2.93. The van der Waals surface area contributed by atoms with Crippen molar-refractivity contribution in [2.75, 3.05) is 5.32 Å². The fourth-order valence-electron chi connectivity index (χ4n) is 2.50. The number of amides is 2. The second kappa shape index (κ2) is 6.76. The van der Waals surface area contributed by atoms with Crippen LogP contribution in [0.2, 0.25) is 0 Å². The third kappa shape index (κ3) is 3.52. The van der Waals surface area contributed by atoms with Crippen molar-refractivity contribution in [3.8, 4) is 10.8 Å². The summed E-state index contributed by atoms with van der Waals surface area (Å²) in [7, 11) is 0. The number of aromatic nitrogens is 1. The third-order valence-corrected chi connectivity index (χ3v) is 5.05. The lowest BCUT2D eigenvalue weighted by Crippen LogP contribution is -2.25. The minimum atomic E-state index is -0.285. The van der Waals surface area contributed by atoms with Crippen LogP contribution in [0.1, 0.15) is 38.6 Å². The lowest BCUT2D eigenvalue weighted by atomic mass is 10.2. The van der Waals surface area contributed by atoms with Gasteiger partial charge < -0.3 is 15.1 Å². The van der Waals surface area contributed by atoms with Crippen molar-refractivity contribution in [3.63, 3.8) is 0 Å². The van der Waals surface area contributed by atoms with Crippen molar-refractivity contribution in [1.29, 1.82) is 0 Å². The zero-order valence-electron chi connectivity index (χ0n) is 14.1. The van der Waals surface area contributed by atoms with E-state index in [2.05, 4.69) is 15.6 Å². The SMILES string of the molecule is Cc1sc(-c2ccco2)nc1C(=O)Nc1ccc(C(=O)NC2CC2)cc1. The average molecular weight is 367 g/mol. The number of rotatable bonds is 5. The predicted molar refractivity (Wildman–Crippen MR) is 99.4 cm³/mol. The maximum Gasteiger partial charge on any atom is 0.275 e. The highest BCUT2D eigenvalue weighted by Crippen LogP contribution is 2.28. The Balaban J connectivity index is 1.45. The van der Waals surface area contributed by atoms with E-state index in [1.807, 2.05) is 13.0 Å². The summed E-state index contributed by atoms with van der Waals surface area (Å²) >= 11 is 1.41. The van der Waals surface area contributed by atoms with Gasteiger partial charge in [0.25, 0.3) is 11.8 Å². The zero-order chi connectivity index (χ0) is 18.1. The number of carbonyl (C=O) groups is 2. The second-order valence-electron chi connectivity index (χ2n) is 6.18. The average Bonchev–Trinajstić information content (AvgIpc) is 3.12. The number of hydrogen-bond donors (Lipinski definition) is 2. The third-order valence-electron chi connectivity index (χ3n) is 4.06. The van der Waals surface area contributed by atoms with Crippen LogP contribution >= 0.6 is 11.3 Å². The van der Waals surface area contributed by atoms with E-state index in [1.165, 1.54) is 11.3 Å². The molecule has 0 unspecified atom stereocenters. The molecule has 0 spiro atoms. The smallest absolute Gasteiger partial charge is 0.275 e. The Morgan fingerprint density at radius 2 is 1.92 bits per heavy atom. The molecule has 2 heterocycles. The molecule has 0 aliphatic heterocycles. The second-order valence-corrected chi connectivity index (χ2v) is 7.38. The summed E-state index contributed by atoms with van der Waals surface area (Å²) in [4.78, 5) is 29.7. The quantitative estimate of drug-likeness (QED) is 0.717. The molecular weight excluding hydrogens is 350 g/mol. The molecule has 1 aromatic carbocycles. The molecule has 0 atom stereocenters. The van der Waals surface area contributed by atoms with Crippen molar-refractivity contribution in [1.82, 2.24) is 10.3 Å². The maximum absolute atomic E-state index is 12.5. The highest BCUT2D eigenvalue weighted by molar-refractivity contribution is 7.15. The fourth-order valence-corrected chi connectivity index (χ4v) is 3.38. The Morgan fingerprint density at radius 1 is 1.15 bits per heavy atom. The number of thiazole rings is 1. The van der Waals surface area contributed by atoms with Crippen LogP contribution in [-0.2, 0) is 0 Å². The van der Waals surface area contributed by atoms with Crippen molar-refractivity contribution < 1.29 is 14.0 Å². The molecule has 1 fully saturated rings. The number of anilines is 1. The van der Waals surface area contributed by atoms with E-state index in [0.717, 1.165) is 17.7 Å². The van der Waals surface area contributed by atoms with Gasteiger partial charge in [-0.3, -0.25) is 9.59 Å². The van der Waals surface area contributed by atoms with Crippen LogP contribution in [0.3, 0.4) is 0 Å². The Morgan fingerprint density at radius 3 is 2.58 bits per heavy atom. The molecule has 7 heteroatoms. The molecule has 26 heavy (non-hydrogen) atoms. The summed E-state index contributed by atoms with van der Waals surface area (Å²) in [6.07, 6.45) is 3.67. The fraction of sp³-hybridized carbons (Fsp3) is 0.211. The van der Waals surface area contributed by atoms with Gasteiger partial charge in [0.1, 0.15) is 5.69 Å². The minimum Gasteiger partial charge on any atom is -0.462 e. The molecule has 1 aliphatic rings. The van der Waals surface area contributed by atoms with Crippen molar-refractivity contribution in [2.45, 2.75) is 25.8 Å². The molecule has 2 amide bonds. The molecule has 3 aromatic rings. The number of nitrogens with zero attached hydrogens (tertiary/aromatic N) is 1. The number of nitrogens with one attached hydrogen (secondary N) is 2. The first-order valence-corrected chi connectivity index (χ1v) is 9.15. The molecule has 132 valence electrons. The van der Waals surface area contributed by atoms with Crippen LogP contribution in [0.4, 0.5) is 5.69 Å². The zero-order valence-corrected chi connectivity index (χ0v) is 14.9. The van der Waals surface area contributed by atoms with Gasteiger partial charge in [0.15, 0.2) is 10.8 Å². The molecule has 0 bridgehead atoms. The lowest BCUT2D eigenvalue weighted by Gasteiger charge is -2.06. The van der Waals surface area contributed by atoms with E-state index in [1.54, 1.807) is 36.6 Å². The van der Waals surface area contributed by atoms with Gasteiger partial charge in [-0.2, -0.15) is 0 Å². The summed E-state index contributed by atoms with van der Waals surface area (Å²) < 4.78 is 5.33. The number of carbonyl (C=O) groups excluding carboxylic acids is 2. The van der Waals surface area contributed by atoms with Crippen LogP contribution in [0.25, 0.3) is 10.8 Å². The number of furan rings is 1. The van der Waals surface area contributed by atoms with Crippen molar-refractivity contribution >= 4 is 28.8 Å². The van der Waals surface area contributed by atoms with Gasteiger partial charge >= 0.3 is 0 Å². The Bertz CT molecular complexity index is 941. The number of hydrogen-bond acceptors (Lipinski definition) is 5. The predicted octanol–water partition coefficient (Wildman–Crippen LogP) is 3.86. The van der Waals surface area contributed by atoms with Gasteiger partial charge in [0, 0.05) is 22.2 Å². The van der Waals surface area contributed by atoms with Crippen LogP contribution in [0, 0.1) is 6.92 Å². The maximum atomic E-state index is 12.5. The normalized spacial score (nSPS) is 13.4. The highest BCUT2D eigenvalue weighted by atomic mass is 32.1. The lowest BCUT2D eigenvalue weighted by molar-refractivity contribution is 0.0950. The first-order chi connectivity index (χ1) is 12.6. The first-order valence-electron chi connectivity index (χ1n) is 8.34. The van der Waals surface area contributed by atoms with E-state index in [9.17, 15) is 9.59 Å². The molecular formula is C19H17N3O3S. The molecule has 2 aromatic heterocycles. The molecule has 2 N–H and O–H groups in total.